The van der Waals surface area contributed by atoms with Gasteiger partial charge in [-0.15, -0.1) is 0 Å². The molecule has 62 valence electrons. The normalized spacial score (nSPS) is 13.5. The molecule has 0 heterocycles. The van der Waals surface area contributed by atoms with Crippen molar-refractivity contribution in [1.82, 2.24) is 5.32 Å². The van der Waals surface area contributed by atoms with E-state index in [1.54, 1.807) is 6.92 Å². The molecule has 3 nitrogen and oxygen atoms in total. The molecular formula is C7H17NO2. The molecule has 0 bridgehead atoms. The molecule has 0 aliphatic heterocycles. The largest absolute Gasteiger partial charge is 0.392 e. The highest BCUT2D eigenvalue weighted by atomic mass is 16.5. The Bertz CT molecular complexity index is 66.6. The summed E-state index contributed by atoms with van der Waals surface area (Å²) in [5.74, 6) is 0. The minimum absolute atomic E-state index is 0.262. The van der Waals surface area contributed by atoms with Crippen molar-refractivity contribution in [2.75, 3.05) is 26.3 Å². The zero-order valence-electron chi connectivity index (χ0n) is 6.76. The van der Waals surface area contributed by atoms with Crippen LogP contribution in [0.4, 0.5) is 0 Å². The molecule has 0 aliphatic rings. The van der Waals surface area contributed by atoms with Crippen LogP contribution in [0.3, 0.4) is 0 Å². The zero-order chi connectivity index (χ0) is 7.82. The standard InChI is InChI=1S/C7H17NO2/c1-3-10-5-4-8-6-7(2)9/h7-9H,3-6H2,1-2H3/t7-/m1/s1. The van der Waals surface area contributed by atoms with E-state index in [-0.39, 0.29) is 6.10 Å². The SMILES string of the molecule is CCOCCNC[C@@H](C)O. The van der Waals surface area contributed by atoms with E-state index in [2.05, 4.69) is 5.32 Å². The first kappa shape index (κ1) is 9.88. The Kier molecular flexibility index (Phi) is 6.91. The molecule has 0 aromatic rings. The van der Waals surface area contributed by atoms with E-state index in [1.807, 2.05) is 6.92 Å². The Morgan fingerprint density at radius 1 is 1.60 bits per heavy atom. The third-order valence-corrected chi connectivity index (χ3v) is 1.07. The van der Waals surface area contributed by atoms with Crippen LogP contribution in [0.5, 0.6) is 0 Å². The maximum Gasteiger partial charge on any atom is 0.0636 e. The average molecular weight is 147 g/mol. The lowest BCUT2D eigenvalue weighted by Crippen LogP contribution is -2.27. The van der Waals surface area contributed by atoms with Gasteiger partial charge in [0.25, 0.3) is 0 Å². The number of aliphatic hydroxyl groups excluding tert-OH is 1. The lowest BCUT2D eigenvalue weighted by molar-refractivity contribution is 0.141. The fraction of sp³-hybridized carbons (Fsp3) is 1.00. The molecule has 0 saturated carbocycles. The molecule has 2 N–H and O–H groups in total. The minimum Gasteiger partial charge on any atom is -0.392 e. The van der Waals surface area contributed by atoms with Crippen LogP contribution in [0.1, 0.15) is 13.8 Å². The van der Waals surface area contributed by atoms with E-state index in [1.165, 1.54) is 0 Å². The van der Waals surface area contributed by atoms with Crippen molar-refractivity contribution < 1.29 is 9.84 Å². The minimum atomic E-state index is -0.262. The lowest BCUT2D eigenvalue weighted by Gasteiger charge is -2.05. The second-order valence-corrected chi connectivity index (χ2v) is 2.25. The molecule has 0 fully saturated rings. The van der Waals surface area contributed by atoms with Gasteiger partial charge in [-0.3, -0.25) is 0 Å². The Hall–Kier alpha value is -0.120. The van der Waals surface area contributed by atoms with Crippen LogP contribution in [0.15, 0.2) is 0 Å². The van der Waals surface area contributed by atoms with E-state index in [0.717, 1.165) is 19.8 Å². The summed E-state index contributed by atoms with van der Waals surface area (Å²) in [5, 5.41) is 11.9. The predicted molar refractivity (Wildman–Crippen MR) is 41.0 cm³/mol. The van der Waals surface area contributed by atoms with Gasteiger partial charge in [-0.25, -0.2) is 0 Å². The molecule has 0 radical (unpaired) electrons. The summed E-state index contributed by atoms with van der Waals surface area (Å²) < 4.78 is 5.07. The van der Waals surface area contributed by atoms with Gasteiger partial charge in [0.05, 0.1) is 12.7 Å². The van der Waals surface area contributed by atoms with Crippen molar-refractivity contribution in [3.63, 3.8) is 0 Å². The van der Waals surface area contributed by atoms with Crippen LogP contribution in [0, 0.1) is 0 Å². The molecule has 0 aromatic heterocycles. The first-order chi connectivity index (χ1) is 4.77. The quantitative estimate of drug-likeness (QED) is 0.519. The number of hydrogen-bond acceptors (Lipinski definition) is 3. The van der Waals surface area contributed by atoms with Gasteiger partial charge in [-0.2, -0.15) is 0 Å². The van der Waals surface area contributed by atoms with Crippen LogP contribution in [0.2, 0.25) is 0 Å². The monoisotopic (exact) mass is 147 g/mol. The maximum absolute atomic E-state index is 8.81. The Morgan fingerprint density at radius 2 is 2.30 bits per heavy atom. The number of ether oxygens (including phenoxy) is 1. The van der Waals surface area contributed by atoms with Gasteiger partial charge in [0.1, 0.15) is 0 Å². The van der Waals surface area contributed by atoms with E-state index >= 15 is 0 Å². The Morgan fingerprint density at radius 3 is 2.80 bits per heavy atom. The second-order valence-electron chi connectivity index (χ2n) is 2.25. The highest BCUT2D eigenvalue weighted by molar-refractivity contribution is 4.51. The summed E-state index contributed by atoms with van der Waals surface area (Å²) in [4.78, 5) is 0. The van der Waals surface area contributed by atoms with Gasteiger partial charge >= 0.3 is 0 Å². The zero-order valence-corrected chi connectivity index (χ0v) is 6.76. The van der Waals surface area contributed by atoms with Crippen molar-refractivity contribution in [3.05, 3.63) is 0 Å². The lowest BCUT2D eigenvalue weighted by atomic mass is 10.4. The number of nitrogens with one attached hydrogen (secondary N) is 1. The van der Waals surface area contributed by atoms with Crippen LogP contribution in [-0.4, -0.2) is 37.5 Å². The van der Waals surface area contributed by atoms with Gasteiger partial charge < -0.3 is 15.2 Å². The molecule has 0 aromatic carbocycles. The fourth-order valence-corrected chi connectivity index (χ4v) is 0.600. The van der Waals surface area contributed by atoms with Crippen molar-refractivity contribution in [2.45, 2.75) is 20.0 Å². The van der Waals surface area contributed by atoms with Crippen LogP contribution >= 0.6 is 0 Å². The Balaban J connectivity index is 2.77. The molecule has 10 heavy (non-hydrogen) atoms. The topological polar surface area (TPSA) is 41.5 Å². The summed E-state index contributed by atoms with van der Waals surface area (Å²) in [6.45, 7) is 6.67. The first-order valence-electron chi connectivity index (χ1n) is 3.74. The second kappa shape index (κ2) is 6.99. The summed E-state index contributed by atoms with van der Waals surface area (Å²) in [7, 11) is 0. The van der Waals surface area contributed by atoms with Crippen LogP contribution in [0.25, 0.3) is 0 Å². The molecule has 0 spiro atoms. The molecule has 0 unspecified atom stereocenters. The van der Waals surface area contributed by atoms with Crippen molar-refractivity contribution in [1.29, 1.82) is 0 Å². The molecule has 0 aliphatic carbocycles. The van der Waals surface area contributed by atoms with Crippen LogP contribution in [-0.2, 0) is 4.74 Å². The molecule has 0 saturated heterocycles. The van der Waals surface area contributed by atoms with Gasteiger partial charge in [0, 0.05) is 19.7 Å². The summed E-state index contributed by atoms with van der Waals surface area (Å²) in [6, 6.07) is 0. The molecule has 3 heteroatoms. The molecule has 0 amide bonds. The van der Waals surface area contributed by atoms with E-state index in [4.69, 9.17) is 9.84 Å². The van der Waals surface area contributed by atoms with Gasteiger partial charge in [0.2, 0.25) is 0 Å². The predicted octanol–water partition coefficient (Wildman–Crippen LogP) is -0.00670. The summed E-state index contributed by atoms with van der Waals surface area (Å²) >= 11 is 0. The number of hydrogen-bond donors (Lipinski definition) is 2. The van der Waals surface area contributed by atoms with E-state index in [0.29, 0.717) is 6.54 Å². The number of aliphatic hydroxyl groups is 1. The third kappa shape index (κ3) is 7.88. The Labute approximate surface area is 62.4 Å². The number of rotatable bonds is 6. The molecule has 0 rings (SSSR count). The summed E-state index contributed by atoms with van der Waals surface area (Å²) in [6.07, 6.45) is -0.262. The van der Waals surface area contributed by atoms with Crippen molar-refractivity contribution in [3.8, 4) is 0 Å². The maximum atomic E-state index is 8.81. The van der Waals surface area contributed by atoms with E-state index < -0.39 is 0 Å². The first-order valence-corrected chi connectivity index (χ1v) is 3.74. The van der Waals surface area contributed by atoms with Crippen LogP contribution < -0.4 is 5.32 Å². The van der Waals surface area contributed by atoms with E-state index in [9.17, 15) is 0 Å². The summed E-state index contributed by atoms with van der Waals surface area (Å²) in [5.41, 5.74) is 0. The van der Waals surface area contributed by atoms with Crippen molar-refractivity contribution >= 4 is 0 Å². The van der Waals surface area contributed by atoms with Gasteiger partial charge in [0.15, 0.2) is 0 Å². The smallest absolute Gasteiger partial charge is 0.0636 e. The van der Waals surface area contributed by atoms with Gasteiger partial charge in [-0.1, -0.05) is 0 Å². The average Bonchev–Trinajstić information content (AvgIpc) is 1.87. The van der Waals surface area contributed by atoms with Gasteiger partial charge in [-0.05, 0) is 13.8 Å². The highest BCUT2D eigenvalue weighted by Gasteiger charge is 1.92. The third-order valence-electron chi connectivity index (χ3n) is 1.07. The molecule has 1 atom stereocenters. The fourth-order valence-electron chi connectivity index (χ4n) is 0.600. The molecular weight excluding hydrogens is 130 g/mol. The highest BCUT2D eigenvalue weighted by Crippen LogP contribution is 1.75. The van der Waals surface area contributed by atoms with Crippen molar-refractivity contribution in [2.24, 2.45) is 0 Å².